The fourth-order valence-electron chi connectivity index (χ4n) is 4.53. The van der Waals surface area contributed by atoms with Crippen LogP contribution in [0, 0.1) is 17.2 Å². The van der Waals surface area contributed by atoms with Crippen molar-refractivity contribution in [3.05, 3.63) is 24.3 Å². The number of imidazole rings is 1. The number of H-pyrrole nitrogens is 1. The molecule has 0 bridgehead atoms. The minimum absolute atomic E-state index is 0.0378. The van der Waals surface area contributed by atoms with Crippen LogP contribution in [0.25, 0.3) is 22.1 Å². The van der Waals surface area contributed by atoms with Crippen molar-refractivity contribution in [2.45, 2.75) is 70.6 Å². The van der Waals surface area contributed by atoms with Gasteiger partial charge in [-0.05, 0) is 51.5 Å². The second-order valence-corrected chi connectivity index (χ2v) is 8.93. The minimum Gasteiger partial charge on any atom is -0.390 e. The van der Waals surface area contributed by atoms with Crippen LogP contribution in [0.3, 0.4) is 0 Å². The van der Waals surface area contributed by atoms with E-state index in [2.05, 4.69) is 25.9 Å². The number of aromatic nitrogens is 4. The van der Waals surface area contributed by atoms with Gasteiger partial charge in [0.15, 0.2) is 0 Å². The van der Waals surface area contributed by atoms with Gasteiger partial charge in [0.25, 0.3) is 0 Å². The zero-order valence-electron chi connectivity index (χ0n) is 17.5. The van der Waals surface area contributed by atoms with Crippen LogP contribution in [0.5, 0.6) is 0 Å². The first-order valence-corrected chi connectivity index (χ1v) is 10.5. The molecule has 4 rings (SSSR count). The summed E-state index contributed by atoms with van der Waals surface area (Å²) >= 11 is 0. The average molecular weight is 409 g/mol. The Morgan fingerprint density at radius 2 is 2.17 bits per heavy atom. The number of fused-ring (bicyclic) bond motifs is 3. The second kappa shape index (κ2) is 8.07. The van der Waals surface area contributed by atoms with Crippen LogP contribution in [-0.4, -0.2) is 36.1 Å². The van der Waals surface area contributed by atoms with Gasteiger partial charge in [-0.25, -0.2) is 9.97 Å². The van der Waals surface area contributed by atoms with Gasteiger partial charge in [0.2, 0.25) is 5.91 Å². The molecule has 0 aliphatic heterocycles. The van der Waals surface area contributed by atoms with Gasteiger partial charge in [0.05, 0.1) is 36.3 Å². The molecule has 3 N–H and O–H groups in total. The van der Waals surface area contributed by atoms with Crippen molar-refractivity contribution in [1.82, 2.24) is 24.8 Å². The summed E-state index contributed by atoms with van der Waals surface area (Å²) in [5, 5.41) is 22.9. The molecule has 0 spiro atoms. The highest BCUT2D eigenvalue weighted by atomic mass is 16.3. The molecule has 0 unspecified atom stereocenters. The first-order valence-electron chi connectivity index (χ1n) is 10.5. The molecule has 1 aliphatic carbocycles. The second-order valence-electron chi connectivity index (χ2n) is 8.93. The molecule has 0 radical (unpaired) electrons. The summed E-state index contributed by atoms with van der Waals surface area (Å²) in [6.45, 7) is 3.54. The zero-order chi connectivity index (χ0) is 21.3. The molecule has 1 amide bonds. The van der Waals surface area contributed by atoms with Crippen molar-refractivity contribution in [1.29, 1.82) is 5.26 Å². The lowest BCUT2D eigenvalue weighted by Crippen LogP contribution is -2.33. The molecule has 158 valence electrons. The van der Waals surface area contributed by atoms with Crippen LogP contribution in [0.1, 0.15) is 64.2 Å². The van der Waals surface area contributed by atoms with Crippen LogP contribution in [-0.2, 0) is 11.3 Å². The van der Waals surface area contributed by atoms with E-state index in [4.69, 9.17) is 10.2 Å². The molecular weight excluding hydrogens is 380 g/mol. The number of aliphatic hydroxyl groups is 1. The fraction of sp³-hybridized carbons (Fsp3) is 0.545. The van der Waals surface area contributed by atoms with E-state index in [1.807, 2.05) is 12.3 Å². The lowest BCUT2D eigenvalue weighted by molar-refractivity contribution is -0.125. The first kappa shape index (κ1) is 20.4. The minimum atomic E-state index is -1.05. The Bertz CT molecular complexity index is 1090. The van der Waals surface area contributed by atoms with Crippen LogP contribution < -0.4 is 5.32 Å². The number of rotatable bonds is 6. The highest BCUT2D eigenvalue weighted by Crippen LogP contribution is 2.37. The van der Waals surface area contributed by atoms with Crippen molar-refractivity contribution < 1.29 is 9.90 Å². The number of carbonyl (C=O) groups excluding carboxylic acids is 1. The topological polar surface area (TPSA) is 120 Å². The molecule has 0 saturated heterocycles. The molecule has 3 aromatic heterocycles. The maximum atomic E-state index is 12.3. The van der Waals surface area contributed by atoms with Crippen molar-refractivity contribution in [2.24, 2.45) is 5.92 Å². The summed E-state index contributed by atoms with van der Waals surface area (Å²) in [6.07, 6.45) is 8.30. The number of aromatic amines is 1. The third-order valence-corrected chi connectivity index (χ3v) is 5.91. The SMILES string of the molecule is CC(C)(O)CC(=O)NCc1nc2cnc3[nH]ccc3c2n1[C@H]1CC[C@H](CC#N)CC1. The highest BCUT2D eigenvalue weighted by Gasteiger charge is 2.27. The van der Waals surface area contributed by atoms with Crippen LogP contribution >= 0.6 is 0 Å². The molecule has 8 nitrogen and oxygen atoms in total. The van der Waals surface area contributed by atoms with Gasteiger partial charge in [-0.3, -0.25) is 4.79 Å². The average Bonchev–Trinajstić information content (AvgIpc) is 3.29. The molecule has 3 aromatic rings. The number of amides is 1. The number of nitrogens with zero attached hydrogens (tertiary/aromatic N) is 4. The third kappa shape index (κ3) is 4.17. The van der Waals surface area contributed by atoms with E-state index in [-0.39, 0.29) is 18.4 Å². The number of hydrogen-bond donors (Lipinski definition) is 3. The summed E-state index contributed by atoms with van der Waals surface area (Å²) in [6, 6.07) is 4.59. The van der Waals surface area contributed by atoms with Crippen molar-refractivity contribution >= 4 is 28.0 Å². The Morgan fingerprint density at radius 3 is 2.87 bits per heavy atom. The molecular formula is C22H28N6O2. The number of nitriles is 1. The summed E-state index contributed by atoms with van der Waals surface area (Å²) in [5.41, 5.74) is 1.62. The Labute approximate surface area is 175 Å². The van der Waals surface area contributed by atoms with Crippen LogP contribution in [0.15, 0.2) is 18.5 Å². The van der Waals surface area contributed by atoms with Crippen LogP contribution in [0.2, 0.25) is 0 Å². The van der Waals surface area contributed by atoms with E-state index in [1.165, 1.54) is 0 Å². The van der Waals surface area contributed by atoms with Crippen molar-refractivity contribution in [2.75, 3.05) is 0 Å². The predicted octanol–water partition coefficient (Wildman–Crippen LogP) is 3.33. The molecule has 0 atom stereocenters. The monoisotopic (exact) mass is 408 g/mol. The smallest absolute Gasteiger partial charge is 0.223 e. The highest BCUT2D eigenvalue weighted by molar-refractivity contribution is 6.01. The van der Waals surface area contributed by atoms with Gasteiger partial charge in [-0.15, -0.1) is 0 Å². The molecule has 30 heavy (non-hydrogen) atoms. The molecule has 8 heteroatoms. The van der Waals surface area contributed by atoms with E-state index in [9.17, 15) is 9.90 Å². The Hall–Kier alpha value is -2.92. The van der Waals surface area contributed by atoms with Gasteiger partial charge in [-0.1, -0.05) is 0 Å². The van der Waals surface area contributed by atoms with E-state index in [0.29, 0.717) is 18.9 Å². The third-order valence-electron chi connectivity index (χ3n) is 5.91. The predicted molar refractivity (Wildman–Crippen MR) is 113 cm³/mol. The Morgan fingerprint density at radius 1 is 1.40 bits per heavy atom. The van der Waals surface area contributed by atoms with E-state index in [1.54, 1.807) is 20.0 Å². The lowest BCUT2D eigenvalue weighted by atomic mass is 9.84. The number of nitrogens with one attached hydrogen (secondary N) is 2. The summed E-state index contributed by atoms with van der Waals surface area (Å²) in [7, 11) is 0. The summed E-state index contributed by atoms with van der Waals surface area (Å²) in [4.78, 5) is 24.7. The quantitative estimate of drug-likeness (QED) is 0.578. The lowest BCUT2D eigenvalue weighted by Gasteiger charge is -2.30. The van der Waals surface area contributed by atoms with Gasteiger partial charge in [0.1, 0.15) is 17.0 Å². The summed E-state index contributed by atoms with van der Waals surface area (Å²) < 4.78 is 2.26. The number of pyridine rings is 1. The van der Waals surface area contributed by atoms with Crippen molar-refractivity contribution in [3.8, 4) is 6.07 Å². The van der Waals surface area contributed by atoms with Gasteiger partial charge in [-0.2, -0.15) is 5.26 Å². The number of carbonyl (C=O) groups is 1. The standard InChI is InChI=1S/C22H28N6O2/c1-22(2,30)11-19(29)25-13-18-27-17-12-26-21-16(8-10-24-21)20(17)28(18)15-5-3-14(4-6-15)7-9-23/h8,10,12,14-15,30H,3-7,11,13H2,1-2H3,(H,24,26)(H,25,29)/t14-,15-. The Balaban J connectivity index is 1.67. The fourth-order valence-corrected chi connectivity index (χ4v) is 4.53. The van der Waals surface area contributed by atoms with Gasteiger partial charge in [0, 0.05) is 24.0 Å². The van der Waals surface area contributed by atoms with Crippen LogP contribution in [0.4, 0.5) is 0 Å². The van der Waals surface area contributed by atoms with E-state index in [0.717, 1.165) is 53.6 Å². The zero-order valence-corrected chi connectivity index (χ0v) is 17.5. The van der Waals surface area contributed by atoms with Crippen molar-refractivity contribution in [3.63, 3.8) is 0 Å². The molecule has 1 fully saturated rings. The molecule has 3 heterocycles. The van der Waals surface area contributed by atoms with Gasteiger partial charge < -0.3 is 20.0 Å². The maximum absolute atomic E-state index is 12.3. The Kier molecular flexibility index (Phi) is 5.48. The summed E-state index contributed by atoms with van der Waals surface area (Å²) in [5.74, 6) is 1.06. The first-order chi connectivity index (χ1) is 14.4. The molecule has 1 saturated carbocycles. The normalized spacial score (nSPS) is 19.8. The maximum Gasteiger partial charge on any atom is 0.223 e. The van der Waals surface area contributed by atoms with Gasteiger partial charge >= 0.3 is 0 Å². The molecule has 0 aromatic carbocycles. The van der Waals surface area contributed by atoms with E-state index >= 15 is 0 Å². The largest absolute Gasteiger partial charge is 0.390 e. The number of hydrogen-bond acceptors (Lipinski definition) is 5. The van der Waals surface area contributed by atoms with E-state index < -0.39 is 5.60 Å². The molecule has 1 aliphatic rings.